The van der Waals surface area contributed by atoms with E-state index in [4.69, 9.17) is 21.2 Å². The number of rotatable bonds is 8. The Bertz CT molecular complexity index is 1050. The molecule has 0 bridgehead atoms. The van der Waals surface area contributed by atoms with Gasteiger partial charge in [-0.15, -0.1) is 0 Å². The van der Waals surface area contributed by atoms with Gasteiger partial charge in [0, 0.05) is 29.5 Å². The summed E-state index contributed by atoms with van der Waals surface area (Å²) in [6, 6.07) is 24.9. The molecule has 0 aliphatic heterocycles. The number of nitrogens with two attached hydrogens (primary N) is 2. The highest BCUT2D eigenvalue weighted by atomic mass is 16.5. The van der Waals surface area contributed by atoms with Gasteiger partial charge in [0.25, 0.3) is 0 Å². The third-order valence-corrected chi connectivity index (χ3v) is 7.08. The minimum absolute atomic E-state index is 0.0342. The smallest absolute Gasteiger partial charge is 0.220 e. The second-order valence-corrected chi connectivity index (χ2v) is 8.98. The van der Waals surface area contributed by atoms with Crippen molar-refractivity contribution in [3.63, 3.8) is 0 Å². The largest absolute Gasteiger partial charge is 0.481 e. The second-order valence-electron chi connectivity index (χ2n) is 8.98. The first kappa shape index (κ1) is 23.0. The SMILES string of the molecule is COc1cc(-c2ccccc2)cc(C(C2CCC(C(N)=O)CC2)C(CN)c2ccccc2)n1. The number of hydrogen-bond acceptors (Lipinski definition) is 4. The zero-order valence-corrected chi connectivity index (χ0v) is 19.2. The van der Waals surface area contributed by atoms with Crippen LogP contribution in [0.5, 0.6) is 5.88 Å². The van der Waals surface area contributed by atoms with Crippen LogP contribution < -0.4 is 16.2 Å². The van der Waals surface area contributed by atoms with Crippen LogP contribution in [0.4, 0.5) is 0 Å². The van der Waals surface area contributed by atoms with Crippen molar-refractivity contribution < 1.29 is 9.53 Å². The van der Waals surface area contributed by atoms with Crippen LogP contribution in [-0.2, 0) is 4.79 Å². The molecule has 5 nitrogen and oxygen atoms in total. The van der Waals surface area contributed by atoms with Gasteiger partial charge in [0.1, 0.15) is 0 Å². The van der Waals surface area contributed by atoms with Gasteiger partial charge >= 0.3 is 0 Å². The summed E-state index contributed by atoms with van der Waals surface area (Å²) < 4.78 is 5.62. The Morgan fingerprint density at radius 1 is 0.970 bits per heavy atom. The Kier molecular flexibility index (Phi) is 7.40. The average molecular weight is 444 g/mol. The Morgan fingerprint density at radius 3 is 2.18 bits per heavy atom. The number of amides is 1. The van der Waals surface area contributed by atoms with Gasteiger partial charge in [0.2, 0.25) is 11.8 Å². The zero-order valence-electron chi connectivity index (χ0n) is 19.2. The van der Waals surface area contributed by atoms with Crippen molar-refractivity contribution in [1.29, 1.82) is 0 Å². The average Bonchev–Trinajstić information content (AvgIpc) is 2.88. The summed E-state index contributed by atoms with van der Waals surface area (Å²) in [6.07, 6.45) is 3.50. The van der Waals surface area contributed by atoms with E-state index in [1.54, 1.807) is 7.11 Å². The molecule has 1 heterocycles. The van der Waals surface area contributed by atoms with Crippen molar-refractivity contribution in [3.05, 3.63) is 84.1 Å². The molecule has 1 aliphatic carbocycles. The highest BCUT2D eigenvalue weighted by molar-refractivity contribution is 5.76. The van der Waals surface area contributed by atoms with Gasteiger partial charge in [-0.25, -0.2) is 4.98 Å². The number of aromatic nitrogens is 1. The Hall–Kier alpha value is -3.18. The van der Waals surface area contributed by atoms with Gasteiger partial charge in [-0.3, -0.25) is 4.79 Å². The van der Waals surface area contributed by atoms with E-state index in [1.165, 1.54) is 5.56 Å². The van der Waals surface area contributed by atoms with Crippen LogP contribution in [-0.4, -0.2) is 24.5 Å². The van der Waals surface area contributed by atoms with Gasteiger partial charge in [0.05, 0.1) is 7.11 Å². The highest BCUT2D eigenvalue weighted by Gasteiger charge is 2.36. The van der Waals surface area contributed by atoms with Crippen LogP contribution in [0.2, 0.25) is 0 Å². The fraction of sp³-hybridized carbons (Fsp3) is 0.357. The number of nitrogens with zero attached hydrogens (tertiary/aromatic N) is 1. The van der Waals surface area contributed by atoms with Gasteiger partial charge < -0.3 is 16.2 Å². The summed E-state index contributed by atoms with van der Waals surface area (Å²) in [5.74, 6) is 0.972. The van der Waals surface area contributed by atoms with Crippen LogP contribution in [0.3, 0.4) is 0 Å². The van der Waals surface area contributed by atoms with E-state index in [2.05, 4.69) is 42.5 Å². The van der Waals surface area contributed by atoms with E-state index in [9.17, 15) is 4.79 Å². The summed E-state index contributed by atoms with van der Waals surface area (Å²) in [5.41, 5.74) is 16.4. The molecule has 3 aromatic rings. The molecule has 4 rings (SSSR count). The van der Waals surface area contributed by atoms with E-state index < -0.39 is 0 Å². The maximum atomic E-state index is 11.8. The maximum Gasteiger partial charge on any atom is 0.220 e. The molecule has 1 aliphatic rings. The molecule has 2 unspecified atom stereocenters. The molecule has 172 valence electrons. The third-order valence-electron chi connectivity index (χ3n) is 7.08. The van der Waals surface area contributed by atoms with Crippen molar-refractivity contribution >= 4 is 5.91 Å². The molecule has 1 aromatic heterocycles. The number of methoxy groups -OCH3 is 1. The minimum atomic E-state index is -0.186. The van der Waals surface area contributed by atoms with E-state index in [0.29, 0.717) is 18.3 Å². The van der Waals surface area contributed by atoms with Crippen LogP contribution in [0.15, 0.2) is 72.8 Å². The molecule has 33 heavy (non-hydrogen) atoms. The van der Waals surface area contributed by atoms with Crippen molar-refractivity contribution in [2.24, 2.45) is 23.3 Å². The number of carbonyl (C=O) groups excluding carboxylic acids is 1. The van der Waals surface area contributed by atoms with Gasteiger partial charge in [-0.1, -0.05) is 60.7 Å². The number of hydrogen-bond donors (Lipinski definition) is 2. The van der Waals surface area contributed by atoms with Gasteiger partial charge in [0.15, 0.2) is 0 Å². The van der Waals surface area contributed by atoms with Crippen LogP contribution in [0, 0.1) is 11.8 Å². The fourth-order valence-electron chi connectivity index (χ4n) is 5.33. The molecular formula is C28H33N3O2. The van der Waals surface area contributed by atoms with E-state index in [0.717, 1.165) is 42.5 Å². The number of benzene rings is 2. The number of pyridine rings is 1. The van der Waals surface area contributed by atoms with Crippen LogP contribution >= 0.6 is 0 Å². The Labute approximate surface area is 196 Å². The van der Waals surface area contributed by atoms with Crippen LogP contribution in [0.1, 0.15) is 48.8 Å². The molecule has 1 fully saturated rings. The quantitative estimate of drug-likeness (QED) is 0.519. The summed E-state index contributed by atoms with van der Waals surface area (Å²) in [7, 11) is 1.66. The topological polar surface area (TPSA) is 91.2 Å². The zero-order chi connectivity index (χ0) is 23.2. The lowest BCUT2D eigenvalue weighted by Gasteiger charge is -2.37. The molecule has 2 atom stereocenters. The van der Waals surface area contributed by atoms with Crippen LogP contribution in [0.25, 0.3) is 11.1 Å². The molecular weight excluding hydrogens is 410 g/mol. The summed E-state index contributed by atoms with van der Waals surface area (Å²) in [4.78, 5) is 16.7. The molecule has 5 heteroatoms. The van der Waals surface area contributed by atoms with E-state index in [-0.39, 0.29) is 23.7 Å². The Morgan fingerprint density at radius 2 is 1.61 bits per heavy atom. The van der Waals surface area contributed by atoms with E-state index >= 15 is 0 Å². The minimum Gasteiger partial charge on any atom is -0.481 e. The first-order valence-corrected chi connectivity index (χ1v) is 11.8. The predicted octanol–water partition coefficient (Wildman–Crippen LogP) is 4.88. The molecule has 2 aromatic carbocycles. The van der Waals surface area contributed by atoms with Crippen molar-refractivity contribution in [2.75, 3.05) is 13.7 Å². The summed E-state index contributed by atoms with van der Waals surface area (Å²) >= 11 is 0. The fourth-order valence-corrected chi connectivity index (χ4v) is 5.33. The molecule has 1 amide bonds. The van der Waals surface area contributed by atoms with Gasteiger partial charge in [-0.05, 0) is 60.9 Å². The lowest BCUT2D eigenvalue weighted by molar-refractivity contribution is -0.123. The molecule has 1 saturated carbocycles. The molecule has 0 radical (unpaired) electrons. The Balaban J connectivity index is 1.78. The summed E-state index contributed by atoms with van der Waals surface area (Å²) in [5, 5.41) is 0. The second kappa shape index (κ2) is 10.6. The van der Waals surface area contributed by atoms with E-state index in [1.807, 2.05) is 30.3 Å². The number of primary amides is 1. The van der Waals surface area contributed by atoms with Crippen molar-refractivity contribution in [3.8, 4) is 17.0 Å². The van der Waals surface area contributed by atoms with Crippen molar-refractivity contribution in [2.45, 2.75) is 37.5 Å². The highest BCUT2D eigenvalue weighted by Crippen LogP contribution is 2.46. The molecule has 4 N–H and O–H groups in total. The monoisotopic (exact) mass is 443 g/mol. The predicted molar refractivity (Wildman–Crippen MR) is 132 cm³/mol. The molecule has 0 spiro atoms. The number of carbonyl (C=O) groups is 1. The lowest BCUT2D eigenvalue weighted by Crippen LogP contribution is -2.33. The lowest BCUT2D eigenvalue weighted by atomic mass is 9.68. The summed E-state index contributed by atoms with van der Waals surface area (Å²) in [6.45, 7) is 0.518. The number of ether oxygens (including phenoxy) is 1. The molecule has 0 saturated heterocycles. The third kappa shape index (κ3) is 5.25. The standard InChI is InChI=1S/C28H33N3O2/c1-33-26-17-23(19-8-4-2-5-9-19)16-25(31-26)27(21-12-14-22(15-13-21)28(30)32)24(18-29)20-10-6-3-7-11-20/h2-11,16-17,21-22,24,27H,12-15,18,29H2,1H3,(H2,30,32). The maximum absolute atomic E-state index is 11.8. The first-order valence-electron chi connectivity index (χ1n) is 11.8. The normalized spacial score (nSPS) is 20.1. The van der Waals surface area contributed by atoms with Gasteiger partial charge in [-0.2, -0.15) is 0 Å². The first-order chi connectivity index (χ1) is 16.1. The van der Waals surface area contributed by atoms with Crippen molar-refractivity contribution in [1.82, 2.24) is 4.98 Å².